The molecule has 4 atom stereocenters. The average molecular weight is 399 g/mol. The SMILES string of the molecule is CCCCC(C)COC(=O)C(C(C)C)C(C(=O)OCC(C)CCCC)C(C)C. The first-order valence-electron chi connectivity index (χ1n) is 11.5. The lowest BCUT2D eigenvalue weighted by Gasteiger charge is -2.30. The molecule has 0 N–H and O–H groups in total. The van der Waals surface area contributed by atoms with Crippen LogP contribution >= 0.6 is 0 Å². The lowest BCUT2D eigenvalue weighted by molar-refractivity contribution is -0.166. The number of ether oxygens (including phenoxy) is 2. The van der Waals surface area contributed by atoms with E-state index in [0.29, 0.717) is 25.0 Å². The summed E-state index contributed by atoms with van der Waals surface area (Å²) < 4.78 is 11.3. The van der Waals surface area contributed by atoms with Crippen molar-refractivity contribution >= 4 is 11.9 Å². The van der Waals surface area contributed by atoms with E-state index in [9.17, 15) is 9.59 Å². The van der Waals surface area contributed by atoms with E-state index in [0.717, 1.165) is 38.5 Å². The molecule has 0 aromatic heterocycles. The Morgan fingerprint density at radius 1 is 0.643 bits per heavy atom. The molecule has 0 aromatic rings. The van der Waals surface area contributed by atoms with Crippen molar-refractivity contribution in [3.63, 3.8) is 0 Å². The first-order chi connectivity index (χ1) is 13.1. The Hall–Kier alpha value is -1.06. The van der Waals surface area contributed by atoms with Gasteiger partial charge in [0.25, 0.3) is 0 Å². The second-order valence-electron chi connectivity index (χ2n) is 9.29. The van der Waals surface area contributed by atoms with Crippen molar-refractivity contribution in [1.82, 2.24) is 0 Å². The summed E-state index contributed by atoms with van der Waals surface area (Å²) in [5, 5.41) is 0. The summed E-state index contributed by atoms with van der Waals surface area (Å²) >= 11 is 0. The zero-order valence-corrected chi connectivity index (χ0v) is 19.8. The van der Waals surface area contributed by atoms with Crippen LogP contribution in [0.4, 0.5) is 0 Å². The number of rotatable bonds is 15. The van der Waals surface area contributed by atoms with Gasteiger partial charge in [-0.1, -0.05) is 81.1 Å². The molecule has 0 saturated carbocycles. The Kier molecular flexibility index (Phi) is 14.3. The summed E-state index contributed by atoms with van der Waals surface area (Å²) in [7, 11) is 0. The Morgan fingerprint density at radius 2 is 0.964 bits per heavy atom. The molecule has 0 heterocycles. The normalized spacial score (nSPS) is 15.9. The van der Waals surface area contributed by atoms with Crippen LogP contribution in [0.25, 0.3) is 0 Å². The fourth-order valence-corrected chi connectivity index (χ4v) is 3.58. The van der Waals surface area contributed by atoms with Crippen LogP contribution in [0.5, 0.6) is 0 Å². The van der Waals surface area contributed by atoms with Gasteiger partial charge in [0.1, 0.15) is 0 Å². The average Bonchev–Trinajstić information content (AvgIpc) is 2.64. The third-order valence-corrected chi connectivity index (χ3v) is 5.49. The van der Waals surface area contributed by atoms with Crippen LogP contribution in [0, 0.1) is 35.5 Å². The molecule has 0 aliphatic carbocycles. The van der Waals surface area contributed by atoms with Crippen molar-refractivity contribution in [2.24, 2.45) is 35.5 Å². The van der Waals surface area contributed by atoms with Crippen LogP contribution in [0.15, 0.2) is 0 Å². The Morgan fingerprint density at radius 3 is 1.21 bits per heavy atom. The maximum atomic E-state index is 12.9. The quantitative estimate of drug-likeness (QED) is 0.305. The molecule has 28 heavy (non-hydrogen) atoms. The zero-order valence-electron chi connectivity index (χ0n) is 19.8. The van der Waals surface area contributed by atoms with E-state index in [1.807, 2.05) is 27.7 Å². The third-order valence-electron chi connectivity index (χ3n) is 5.49. The summed E-state index contributed by atoms with van der Waals surface area (Å²) in [5.74, 6) is -0.692. The molecule has 0 saturated heterocycles. The molecule has 166 valence electrons. The van der Waals surface area contributed by atoms with Crippen molar-refractivity contribution in [3.8, 4) is 0 Å². The van der Waals surface area contributed by atoms with Gasteiger partial charge in [-0.25, -0.2) is 0 Å². The van der Waals surface area contributed by atoms with Gasteiger partial charge in [0, 0.05) is 0 Å². The van der Waals surface area contributed by atoms with E-state index in [1.54, 1.807) is 0 Å². The largest absolute Gasteiger partial charge is 0.465 e. The molecule has 0 aliphatic heterocycles. The van der Waals surface area contributed by atoms with Crippen molar-refractivity contribution in [1.29, 1.82) is 0 Å². The molecule has 4 unspecified atom stereocenters. The molecular formula is C24H46O4. The van der Waals surface area contributed by atoms with Crippen molar-refractivity contribution in [3.05, 3.63) is 0 Å². The number of esters is 2. The van der Waals surface area contributed by atoms with Gasteiger partial charge in [-0.2, -0.15) is 0 Å². The number of hydrogen-bond donors (Lipinski definition) is 0. The molecule has 0 rings (SSSR count). The molecule has 4 heteroatoms. The molecule has 0 bridgehead atoms. The third kappa shape index (κ3) is 10.5. The van der Waals surface area contributed by atoms with Crippen LogP contribution in [-0.4, -0.2) is 25.2 Å². The van der Waals surface area contributed by atoms with Gasteiger partial charge >= 0.3 is 11.9 Å². The molecule has 0 radical (unpaired) electrons. The summed E-state index contributed by atoms with van der Waals surface area (Å²) in [6, 6.07) is 0. The maximum Gasteiger partial charge on any atom is 0.310 e. The van der Waals surface area contributed by atoms with Crippen LogP contribution in [0.1, 0.15) is 93.9 Å². The smallest absolute Gasteiger partial charge is 0.310 e. The van der Waals surface area contributed by atoms with Crippen LogP contribution < -0.4 is 0 Å². The van der Waals surface area contributed by atoms with Gasteiger partial charge < -0.3 is 9.47 Å². The minimum atomic E-state index is -0.461. The highest BCUT2D eigenvalue weighted by molar-refractivity contribution is 5.82. The number of hydrogen-bond acceptors (Lipinski definition) is 4. The maximum absolute atomic E-state index is 12.9. The predicted octanol–water partition coefficient (Wildman–Crippen LogP) is 6.27. The first-order valence-corrected chi connectivity index (χ1v) is 11.5. The predicted molar refractivity (Wildman–Crippen MR) is 116 cm³/mol. The molecule has 0 aliphatic rings. The van der Waals surface area contributed by atoms with Crippen LogP contribution in [0.2, 0.25) is 0 Å². The molecular weight excluding hydrogens is 352 g/mol. The van der Waals surface area contributed by atoms with Crippen molar-refractivity contribution in [2.75, 3.05) is 13.2 Å². The second-order valence-corrected chi connectivity index (χ2v) is 9.29. The number of carbonyl (C=O) groups excluding carboxylic acids is 2. The highest BCUT2D eigenvalue weighted by atomic mass is 16.5. The topological polar surface area (TPSA) is 52.6 Å². The summed E-state index contributed by atoms with van der Waals surface area (Å²) in [5.41, 5.74) is 0. The van der Waals surface area contributed by atoms with Gasteiger partial charge in [0.15, 0.2) is 0 Å². The van der Waals surface area contributed by atoms with Crippen LogP contribution in [-0.2, 0) is 19.1 Å². The minimum Gasteiger partial charge on any atom is -0.465 e. The zero-order chi connectivity index (χ0) is 21.7. The van der Waals surface area contributed by atoms with Gasteiger partial charge in [-0.05, 0) is 36.5 Å². The summed E-state index contributed by atoms with van der Waals surface area (Å²) in [4.78, 5) is 25.7. The molecule has 0 fully saturated rings. The van der Waals surface area contributed by atoms with E-state index in [-0.39, 0.29) is 23.8 Å². The Bertz CT molecular complexity index is 390. The summed E-state index contributed by atoms with van der Waals surface area (Å²) in [6.07, 6.45) is 6.69. The van der Waals surface area contributed by atoms with E-state index in [2.05, 4.69) is 27.7 Å². The van der Waals surface area contributed by atoms with Crippen LogP contribution in [0.3, 0.4) is 0 Å². The molecule has 0 amide bonds. The van der Waals surface area contributed by atoms with Gasteiger partial charge in [0.2, 0.25) is 0 Å². The fraction of sp³-hybridized carbons (Fsp3) is 0.917. The lowest BCUT2D eigenvalue weighted by Crippen LogP contribution is -2.39. The molecule has 0 aromatic carbocycles. The standard InChI is InChI=1S/C24H46O4/c1-9-11-13-19(7)15-27-23(25)21(17(3)4)22(18(5)6)24(26)28-16-20(8)14-12-10-2/h17-22H,9-16H2,1-8H3. The molecule has 4 nitrogen and oxygen atoms in total. The number of carbonyl (C=O) groups is 2. The highest BCUT2D eigenvalue weighted by Gasteiger charge is 2.40. The van der Waals surface area contributed by atoms with E-state index < -0.39 is 11.8 Å². The number of unbranched alkanes of at least 4 members (excludes halogenated alkanes) is 2. The van der Waals surface area contributed by atoms with Crippen molar-refractivity contribution < 1.29 is 19.1 Å². The van der Waals surface area contributed by atoms with E-state index in [1.165, 1.54) is 0 Å². The first kappa shape index (κ1) is 26.9. The van der Waals surface area contributed by atoms with E-state index >= 15 is 0 Å². The van der Waals surface area contributed by atoms with Gasteiger partial charge in [-0.3, -0.25) is 9.59 Å². The summed E-state index contributed by atoms with van der Waals surface area (Å²) in [6.45, 7) is 17.3. The Labute approximate surface area is 174 Å². The van der Waals surface area contributed by atoms with Gasteiger partial charge in [0.05, 0.1) is 25.0 Å². The lowest BCUT2D eigenvalue weighted by atomic mass is 9.77. The highest BCUT2D eigenvalue weighted by Crippen LogP contribution is 2.30. The Balaban J connectivity index is 4.96. The van der Waals surface area contributed by atoms with Crippen molar-refractivity contribution in [2.45, 2.75) is 93.9 Å². The molecule has 0 spiro atoms. The monoisotopic (exact) mass is 398 g/mol. The van der Waals surface area contributed by atoms with E-state index in [4.69, 9.17) is 9.47 Å². The fourth-order valence-electron chi connectivity index (χ4n) is 3.58. The minimum absolute atomic E-state index is 0.0240. The second kappa shape index (κ2) is 14.9. The van der Waals surface area contributed by atoms with Gasteiger partial charge in [-0.15, -0.1) is 0 Å².